The molecule has 1 aliphatic carbocycles. The molecule has 9 heteroatoms. The minimum atomic E-state index is -4.72. The summed E-state index contributed by atoms with van der Waals surface area (Å²) in [5.41, 5.74) is 0.733. The van der Waals surface area contributed by atoms with E-state index in [0.29, 0.717) is 5.69 Å². The number of aromatic nitrogens is 1. The van der Waals surface area contributed by atoms with Gasteiger partial charge in [-0.1, -0.05) is 0 Å². The Hall–Kier alpha value is -1.80. The molecule has 1 N–H and O–H groups in total. The zero-order valence-electron chi connectivity index (χ0n) is 12.7. The molecule has 1 aromatic rings. The molecule has 2 rings (SSSR count). The van der Waals surface area contributed by atoms with Crippen LogP contribution in [0.15, 0.2) is 18.3 Å². The Morgan fingerprint density at radius 3 is 2.00 bits per heavy atom. The van der Waals surface area contributed by atoms with Crippen LogP contribution in [0, 0.1) is 18.8 Å². The van der Waals surface area contributed by atoms with Crippen LogP contribution in [0.1, 0.15) is 35.3 Å². The maximum absolute atomic E-state index is 12.9. The predicted octanol–water partition coefficient (Wildman–Crippen LogP) is 4.03. The fraction of sp³-hybridized carbons (Fsp3) is 0.600. The van der Waals surface area contributed by atoms with Gasteiger partial charge in [-0.05, 0) is 38.3 Å². The Morgan fingerprint density at radius 2 is 1.58 bits per heavy atom. The van der Waals surface area contributed by atoms with Crippen LogP contribution in [0.2, 0.25) is 0 Å². The van der Waals surface area contributed by atoms with Crippen molar-refractivity contribution in [2.75, 3.05) is 0 Å². The number of amides is 1. The zero-order valence-corrected chi connectivity index (χ0v) is 12.7. The van der Waals surface area contributed by atoms with Crippen LogP contribution in [0.25, 0.3) is 0 Å². The first-order valence-corrected chi connectivity index (χ1v) is 7.33. The maximum Gasteiger partial charge on any atom is 0.391 e. The predicted molar refractivity (Wildman–Crippen MR) is 73.2 cm³/mol. The minimum absolute atomic E-state index is 0.0956. The second-order valence-corrected chi connectivity index (χ2v) is 6.04. The molecule has 0 aliphatic heterocycles. The second-order valence-electron chi connectivity index (χ2n) is 6.04. The van der Waals surface area contributed by atoms with E-state index in [4.69, 9.17) is 0 Å². The molecule has 0 unspecified atom stereocenters. The smallest absolute Gasteiger partial charge is 0.349 e. The number of carbonyl (C=O) groups is 1. The summed E-state index contributed by atoms with van der Waals surface area (Å²) in [7, 11) is 0. The highest BCUT2D eigenvalue weighted by atomic mass is 19.4. The number of aryl methyl sites for hydroxylation is 1. The Kier molecular flexibility index (Phi) is 5.10. The monoisotopic (exact) mass is 354 g/mol. The fourth-order valence-electron chi connectivity index (χ4n) is 2.84. The molecule has 1 aliphatic rings. The first kappa shape index (κ1) is 18.5. The Bertz CT molecular complexity index is 559. The molecule has 1 fully saturated rings. The van der Waals surface area contributed by atoms with Crippen molar-refractivity contribution < 1.29 is 31.1 Å². The van der Waals surface area contributed by atoms with Crippen molar-refractivity contribution in [1.29, 1.82) is 0 Å². The Labute approximate surface area is 134 Å². The lowest BCUT2D eigenvalue weighted by molar-refractivity contribution is -0.225. The van der Waals surface area contributed by atoms with Gasteiger partial charge < -0.3 is 5.32 Å². The quantitative estimate of drug-likeness (QED) is 0.815. The van der Waals surface area contributed by atoms with E-state index in [1.54, 1.807) is 6.92 Å². The molecule has 0 saturated heterocycles. The molecule has 1 aromatic heterocycles. The molecule has 1 amide bonds. The maximum atomic E-state index is 12.9. The average molecular weight is 354 g/mol. The standard InChI is InChI=1S/C15H16F6N2O/c1-8-2-3-9(7-22-8)13(24)23-12-5-10(14(16,17)18)4-11(6-12)15(19,20)21/h2-3,7,10-12H,4-6H2,1H3,(H,23,24)/t10-,11-/m1/s1. The third-order valence-corrected chi connectivity index (χ3v) is 4.14. The van der Waals surface area contributed by atoms with Gasteiger partial charge >= 0.3 is 12.4 Å². The minimum Gasteiger partial charge on any atom is -0.349 e. The third kappa shape index (κ3) is 4.61. The number of rotatable bonds is 2. The van der Waals surface area contributed by atoms with Gasteiger partial charge in [-0.25, -0.2) is 0 Å². The van der Waals surface area contributed by atoms with Crippen molar-refractivity contribution in [1.82, 2.24) is 10.3 Å². The number of hydrogen-bond acceptors (Lipinski definition) is 2. The summed E-state index contributed by atoms with van der Waals surface area (Å²) in [4.78, 5) is 15.9. The van der Waals surface area contributed by atoms with E-state index in [9.17, 15) is 31.1 Å². The molecule has 0 radical (unpaired) electrons. The van der Waals surface area contributed by atoms with E-state index in [-0.39, 0.29) is 5.56 Å². The van der Waals surface area contributed by atoms with E-state index >= 15 is 0 Å². The van der Waals surface area contributed by atoms with E-state index in [2.05, 4.69) is 10.3 Å². The van der Waals surface area contributed by atoms with Crippen LogP contribution in [0.3, 0.4) is 0 Å². The van der Waals surface area contributed by atoms with Gasteiger partial charge in [-0.3, -0.25) is 9.78 Å². The Morgan fingerprint density at radius 1 is 1.04 bits per heavy atom. The van der Waals surface area contributed by atoms with Crippen LogP contribution in [-0.2, 0) is 0 Å². The van der Waals surface area contributed by atoms with Gasteiger partial charge in [0.1, 0.15) is 0 Å². The van der Waals surface area contributed by atoms with Crippen molar-refractivity contribution in [2.45, 2.75) is 44.6 Å². The molecule has 0 aromatic carbocycles. The number of halogens is 6. The molecular formula is C15H16F6N2O. The largest absolute Gasteiger partial charge is 0.391 e. The second kappa shape index (κ2) is 6.60. The SMILES string of the molecule is Cc1ccc(C(=O)NC2C[C@H](C(F)(F)F)C[C@@H](C(F)(F)F)C2)cn1. The lowest BCUT2D eigenvalue weighted by Gasteiger charge is -2.36. The first-order chi connectivity index (χ1) is 11.0. The summed E-state index contributed by atoms with van der Waals surface area (Å²) in [5.74, 6) is -4.89. The molecule has 1 heterocycles. The first-order valence-electron chi connectivity index (χ1n) is 7.33. The van der Waals surface area contributed by atoms with E-state index in [1.165, 1.54) is 18.3 Å². The average Bonchev–Trinajstić information content (AvgIpc) is 2.45. The fourth-order valence-corrected chi connectivity index (χ4v) is 2.84. The summed E-state index contributed by atoms with van der Waals surface area (Å²) >= 11 is 0. The topological polar surface area (TPSA) is 42.0 Å². The molecular weight excluding hydrogens is 338 g/mol. The molecule has 134 valence electrons. The van der Waals surface area contributed by atoms with Crippen LogP contribution in [0.5, 0.6) is 0 Å². The van der Waals surface area contributed by atoms with Gasteiger partial charge in [-0.2, -0.15) is 26.3 Å². The van der Waals surface area contributed by atoms with Crippen LogP contribution < -0.4 is 5.32 Å². The molecule has 0 bridgehead atoms. The lowest BCUT2D eigenvalue weighted by Crippen LogP contribution is -2.47. The number of nitrogens with one attached hydrogen (secondary N) is 1. The number of hydrogen-bond donors (Lipinski definition) is 1. The number of pyridine rings is 1. The van der Waals surface area contributed by atoms with Gasteiger partial charge in [0.25, 0.3) is 5.91 Å². The van der Waals surface area contributed by atoms with Crippen LogP contribution in [0.4, 0.5) is 26.3 Å². The highest BCUT2D eigenvalue weighted by molar-refractivity contribution is 5.94. The molecule has 2 atom stereocenters. The summed E-state index contributed by atoms with van der Waals surface area (Å²) in [6.45, 7) is 1.69. The summed E-state index contributed by atoms with van der Waals surface area (Å²) < 4.78 is 77.3. The van der Waals surface area contributed by atoms with Crippen molar-refractivity contribution in [3.63, 3.8) is 0 Å². The normalized spacial score (nSPS) is 25.4. The van der Waals surface area contributed by atoms with Crippen LogP contribution >= 0.6 is 0 Å². The van der Waals surface area contributed by atoms with Crippen molar-refractivity contribution in [3.8, 4) is 0 Å². The number of alkyl halides is 6. The van der Waals surface area contributed by atoms with Gasteiger partial charge in [0.15, 0.2) is 0 Å². The lowest BCUT2D eigenvalue weighted by atomic mass is 9.77. The Balaban J connectivity index is 2.12. The van der Waals surface area contributed by atoms with E-state index < -0.39 is 55.4 Å². The third-order valence-electron chi connectivity index (χ3n) is 4.14. The van der Waals surface area contributed by atoms with Gasteiger partial charge in [-0.15, -0.1) is 0 Å². The van der Waals surface area contributed by atoms with E-state index in [1.807, 2.05) is 0 Å². The zero-order chi connectivity index (χ0) is 18.1. The van der Waals surface area contributed by atoms with Crippen molar-refractivity contribution >= 4 is 5.91 Å². The van der Waals surface area contributed by atoms with Gasteiger partial charge in [0.2, 0.25) is 0 Å². The van der Waals surface area contributed by atoms with Gasteiger partial charge in [0, 0.05) is 17.9 Å². The summed E-state index contributed by atoms with van der Waals surface area (Å²) in [6, 6.07) is 1.77. The molecule has 0 spiro atoms. The van der Waals surface area contributed by atoms with Gasteiger partial charge in [0.05, 0.1) is 17.4 Å². The molecule has 24 heavy (non-hydrogen) atoms. The number of carbonyl (C=O) groups excluding carboxylic acids is 1. The molecule has 3 nitrogen and oxygen atoms in total. The summed E-state index contributed by atoms with van der Waals surface area (Å²) in [5, 5.41) is 2.28. The molecule has 1 saturated carbocycles. The number of nitrogens with zero attached hydrogens (tertiary/aromatic N) is 1. The van der Waals surface area contributed by atoms with Crippen LogP contribution in [-0.4, -0.2) is 29.3 Å². The highest BCUT2D eigenvalue weighted by Crippen LogP contribution is 2.45. The summed E-state index contributed by atoms with van der Waals surface area (Å²) in [6.07, 6.45) is -10.3. The van der Waals surface area contributed by atoms with E-state index in [0.717, 1.165) is 0 Å². The van der Waals surface area contributed by atoms with Crippen molar-refractivity contribution in [2.24, 2.45) is 11.8 Å². The van der Waals surface area contributed by atoms with Crippen molar-refractivity contribution in [3.05, 3.63) is 29.6 Å². The highest BCUT2D eigenvalue weighted by Gasteiger charge is 2.52.